The average molecular weight is 493 g/mol. The number of aliphatic hydroxyl groups excluding tert-OH is 2. The number of hydrogen-bond donors (Lipinski definition) is 5. The molecule has 9 heteroatoms. The molecule has 0 saturated heterocycles. The number of fused-ring (bicyclic) bond motifs is 3. The van der Waals surface area contributed by atoms with Crippen molar-refractivity contribution in [1.82, 2.24) is 4.57 Å². The van der Waals surface area contributed by atoms with Crippen LogP contribution < -0.4 is 5.73 Å². The summed E-state index contributed by atoms with van der Waals surface area (Å²) in [4.78, 5) is 37.8. The minimum Gasteiger partial charge on any atom is -0.508 e. The highest BCUT2D eigenvalue weighted by atomic mass is 16.3. The molecular weight excluding hydrogens is 464 g/mol. The molecule has 2 aromatic rings. The topological polar surface area (TPSA) is 163 Å². The summed E-state index contributed by atoms with van der Waals surface area (Å²) in [5.74, 6) is -6.16. The molecule has 0 unspecified atom stereocenters. The highest BCUT2D eigenvalue weighted by Crippen LogP contribution is 2.52. The van der Waals surface area contributed by atoms with E-state index in [9.17, 15) is 34.8 Å². The average Bonchev–Trinajstić information content (AvgIpc) is 3.22. The van der Waals surface area contributed by atoms with Gasteiger partial charge >= 0.3 is 0 Å². The van der Waals surface area contributed by atoms with Gasteiger partial charge in [0.1, 0.15) is 22.8 Å². The molecule has 1 aromatic heterocycles. The van der Waals surface area contributed by atoms with Crippen molar-refractivity contribution in [1.29, 1.82) is 0 Å². The first-order valence-corrected chi connectivity index (χ1v) is 12.0. The molecule has 36 heavy (non-hydrogen) atoms. The van der Waals surface area contributed by atoms with Gasteiger partial charge in [0, 0.05) is 36.9 Å². The lowest BCUT2D eigenvalue weighted by atomic mass is 9.59. The Kier molecular flexibility index (Phi) is 5.55. The second-order valence-electron chi connectivity index (χ2n) is 9.97. The van der Waals surface area contributed by atoms with Crippen LogP contribution in [0, 0.1) is 11.8 Å². The quantitative estimate of drug-likeness (QED) is 0.398. The number of aryl methyl sites for hydroxylation is 3. The van der Waals surface area contributed by atoms with Gasteiger partial charge in [-0.15, -0.1) is 0 Å². The van der Waals surface area contributed by atoms with Crippen molar-refractivity contribution >= 4 is 23.2 Å². The van der Waals surface area contributed by atoms with Crippen LogP contribution in [0.3, 0.4) is 0 Å². The maximum Gasteiger partial charge on any atom is 0.255 e. The number of primary amides is 1. The molecule has 1 aromatic carbocycles. The number of rotatable bonds is 5. The Morgan fingerprint density at radius 1 is 1.14 bits per heavy atom. The lowest BCUT2D eigenvalue weighted by molar-refractivity contribution is -0.147. The molecule has 3 aliphatic carbocycles. The second kappa shape index (κ2) is 8.37. The molecule has 1 heterocycles. The molecule has 0 bridgehead atoms. The SMILES string of the molecule is Cn1cccc1CCCc1ccc(O)c2c1C[C@H]1C[C@H]3CC(=O)C(C(N)=O)=C(O)[C@@]3(O)C(=O)C1=C2O. The Morgan fingerprint density at radius 3 is 2.56 bits per heavy atom. The standard InChI is InChI=1S/C27H28N2O7/c1-29-9-3-6-16(29)5-2-4-13-7-8-18(30)21-17(13)11-14-10-15-12-19(31)22(26(28)35)25(34)27(15,36)24(33)20(14)23(21)32/h3,6-9,14-15,30,32,34,36H,2,4-5,10-12H2,1H3,(H2,28,35)/t14-,15+,27+/m1/s1. The summed E-state index contributed by atoms with van der Waals surface area (Å²) in [6, 6.07) is 7.33. The van der Waals surface area contributed by atoms with E-state index in [1.165, 1.54) is 11.8 Å². The van der Waals surface area contributed by atoms with E-state index in [0.29, 0.717) is 12.8 Å². The number of phenolic OH excluding ortho intramolecular Hbond substituents is 1. The maximum absolute atomic E-state index is 13.5. The lowest BCUT2D eigenvalue weighted by Crippen LogP contribution is -2.58. The fourth-order valence-electron chi connectivity index (χ4n) is 6.14. The molecule has 3 atom stereocenters. The summed E-state index contributed by atoms with van der Waals surface area (Å²) in [6.45, 7) is 0. The summed E-state index contributed by atoms with van der Waals surface area (Å²) in [7, 11) is 1.98. The normalized spacial score (nSPS) is 25.5. The van der Waals surface area contributed by atoms with E-state index in [-0.39, 0.29) is 29.7 Å². The van der Waals surface area contributed by atoms with Gasteiger partial charge in [0.15, 0.2) is 11.4 Å². The Hall–Kier alpha value is -3.85. The maximum atomic E-state index is 13.5. The van der Waals surface area contributed by atoms with Crippen LogP contribution in [0.5, 0.6) is 5.75 Å². The van der Waals surface area contributed by atoms with Crippen molar-refractivity contribution in [2.75, 3.05) is 0 Å². The van der Waals surface area contributed by atoms with Crippen LogP contribution in [0.15, 0.2) is 47.4 Å². The molecule has 6 N–H and O–H groups in total. The number of nitrogens with two attached hydrogens (primary N) is 1. The van der Waals surface area contributed by atoms with Gasteiger partial charge in [-0.3, -0.25) is 14.4 Å². The Labute approximate surface area is 207 Å². The second-order valence-corrected chi connectivity index (χ2v) is 9.97. The first-order valence-electron chi connectivity index (χ1n) is 12.0. The van der Waals surface area contributed by atoms with Gasteiger partial charge in [0.2, 0.25) is 5.78 Å². The van der Waals surface area contributed by atoms with E-state index in [1.54, 1.807) is 0 Å². The summed E-state index contributed by atoms with van der Waals surface area (Å²) in [5.41, 5.74) is 4.75. The number of nitrogens with zero attached hydrogens (tertiary/aromatic N) is 1. The zero-order valence-corrected chi connectivity index (χ0v) is 19.8. The number of carbonyl (C=O) groups is 3. The van der Waals surface area contributed by atoms with Gasteiger partial charge in [-0.25, -0.2) is 0 Å². The van der Waals surface area contributed by atoms with Crippen LogP contribution in [0.2, 0.25) is 0 Å². The summed E-state index contributed by atoms with van der Waals surface area (Å²) < 4.78 is 2.06. The Morgan fingerprint density at radius 2 is 1.89 bits per heavy atom. The Bertz CT molecular complexity index is 1380. The highest BCUT2D eigenvalue weighted by molar-refractivity contribution is 6.22. The minimum atomic E-state index is -2.54. The first kappa shape index (κ1) is 23.9. The van der Waals surface area contributed by atoms with Crippen molar-refractivity contribution in [2.45, 2.75) is 44.1 Å². The third-order valence-electron chi connectivity index (χ3n) is 7.97. The van der Waals surface area contributed by atoms with Gasteiger partial charge < -0.3 is 30.7 Å². The number of Topliss-reactive ketones (excluding diaryl/α,β-unsaturated/α-hetero) is 2. The summed E-state index contributed by atoms with van der Waals surface area (Å²) in [6.07, 6.45) is 4.48. The smallest absolute Gasteiger partial charge is 0.255 e. The number of hydrogen-bond acceptors (Lipinski definition) is 7. The third-order valence-corrected chi connectivity index (χ3v) is 7.97. The lowest BCUT2D eigenvalue weighted by Gasteiger charge is -2.46. The van der Waals surface area contributed by atoms with Crippen LogP contribution in [-0.2, 0) is 40.7 Å². The fourth-order valence-corrected chi connectivity index (χ4v) is 6.14. The van der Waals surface area contributed by atoms with Gasteiger partial charge in [-0.1, -0.05) is 6.07 Å². The molecule has 188 valence electrons. The zero-order chi connectivity index (χ0) is 25.9. The van der Waals surface area contributed by atoms with Crippen LogP contribution in [0.25, 0.3) is 5.76 Å². The van der Waals surface area contributed by atoms with Crippen molar-refractivity contribution < 1.29 is 34.8 Å². The van der Waals surface area contributed by atoms with E-state index in [4.69, 9.17) is 5.73 Å². The van der Waals surface area contributed by atoms with Crippen LogP contribution in [0.1, 0.15) is 41.6 Å². The number of benzene rings is 1. The Balaban J connectivity index is 1.54. The van der Waals surface area contributed by atoms with Crippen LogP contribution >= 0.6 is 0 Å². The molecule has 0 aliphatic heterocycles. The zero-order valence-electron chi connectivity index (χ0n) is 19.8. The van der Waals surface area contributed by atoms with Crippen LogP contribution in [-0.4, -0.2) is 48.1 Å². The predicted octanol–water partition coefficient (Wildman–Crippen LogP) is 1.94. The van der Waals surface area contributed by atoms with Gasteiger partial charge in [0.25, 0.3) is 5.91 Å². The monoisotopic (exact) mass is 492 g/mol. The summed E-state index contributed by atoms with van der Waals surface area (Å²) >= 11 is 0. The van der Waals surface area contributed by atoms with E-state index in [1.807, 2.05) is 25.4 Å². The number of phenols is 1. The van der Waals surface area contributed by atoms with E-state index in [2.05, 4.69) is 10.6 Å². The molecule has 1 saturated carbocycles. The third kappa shape index (κ3) is 3.37. The molecule has 5 rings (SSSR count). The van der Waals surface area contributed by atoms with Crippen molar-refractivity contribution in [3.05, 3.63) is 69.8 Å². The fraction of sp³-hybridized carbons (Fsp3) is 0.370. The number of aliphatic hydroxyl groups is 3. The molecule has 3 aliphatic rings. The molecular formula is C27H28N2O7. The molecule has 1 amide bonds. The predicted molar refractivity (Wildman–Crippen MR) is 129 cm³/mol. The van der Waals surface area contributed by atoms with Crippen molar-refractivity contribution in [3.8, 4) is 5.75 Å². The van der Waals surface area contributed by atoms with Crippen LogP contribution in [0.4, 0.5) is 0 Å². The van der Waals surface area contributed by atoms with Gasteiger partial charge in [-0.05, 0) is 67.3 Å². The van der Waals surface area contributed by atoms with E-state index < -0.39 is 52.0 Å². The number of carbonyl (C=O) groups excluding carboxylic acids is 3. The minimum absolute atomic E-state index is 0.123. The van der Waals surface area contributed by atoms with Gasteiger partial charge in [-0.2, -0.15) is 0 Å². The van der Waals surface area contributed by atoms with Crippen molar-refractivity contribution in [3.63, 3.8) is 0 Å². The highest BCUT2D eigenvalue weighted by Gasteiger charge is 2.60. The van der Waals surface area contributed by atoms with Crippen molar-refractivity contribution in [2.24, 2.45) is 24.6 Å². The number of aromatic hydroxyl groups is 1. The van der Waals surface area contributed by atoms with E-state index in [0.717, 1.165) is 24.0 Å². The molecule has 0 radical (unpaired) electrons. The largest absolute Gasteiger partial charge is 0.508 e. The molecule has 0 spiro atoms. The first-order chi connectivity index (χ1) is 17.1. The number of aromatic nitrogens is 1. The number of amides is 1. The molecule has 1 fully saturated rings. The molecule has 9 nitrogen and oxygen atoms in total. The van der Waals surface area contributed by atoms with Gasteiger partial charge in [0.05, 0.1) is 5.56 Å². The van der Waals surface area contributed by atoms with E-state index >= 15 is 0 Å². The number of ketones is 2. The summed E-state index contributed by atoms with van der Waals surface area (Å²) in [5, 5.41) is 43.7.